The molecular weight excluding hydrogens is 434 g/mol. The molecule has 1 fully saturated rings. The molecule has 10 heteroatoms. The van der Waals surface area contributed by atoms with Crippen LogP contribution in [-0.2, 0) is 18.3 Å². The molecule has 2 aromatic rings. The average Bonchev–Trinajstić information content (AvgIpc) is 3.26. The summed E-state index contributed by atoms with van der Waals surface area (Å²) in [6, 6.07) is 9.55. The maximum absolute atomic E-state index is 13.2. The van der Waals surface area contributed by atoms with Gasteiger partial charge < -0.3 is 15.0 Å². The molecule has 180 valence electrons. The molecule has 1 aromatic carbocycles. The van der Waals surface area contributed by atoms with Crippen molar-refractivity contribution in [3.63, 3.8) is 0 Å². The number of amides is 2. The average molecular weight is 466 g/mol. The van der Waals surface area contributed by atoms with E-state index in [-0.39, 0.29) is 23.2 Å². The van der Waals surface area contributed by atoms with Crippen LogP contribution < -0.4 is 5.32 Å². The number of aromatic nitrogens is 2. The van der Waals surface area contributed by atoms with Crippen molar-refractivity contribution in [1.29, 1.82) is 0 Å². The van der Waals surface area contributed by atoms with Gasteiger partial charge in [0, 0.05) is 52.7 Å². The van der Waals surface area contributed by atoms with Gasteiger partial charge in [0.25, 0.3) is 11.8 Å². The van der Waals surface area contributed by atoms with Crippen molar-refractivity contribution >= 4 is 24.7 Å². The molecule has 0 aliphatic carbocycles. The highest BCUT2D eigenvalue weighted by Gasteiger charge is 2.27. The fourth-order valence-corrected chi connectivity index (χ4v) is 3.44. The van der Waals surface area contributed by atoms with Crippen LogP contribution >= 0.6 is 0 Å². The summed E-state index contributed by atoms with van der Waals surface area (Å²) < 4.78 is 6.74. The van der Waals surface area contributed by atoms with E-state index in [1.807, 2.05) is 30.3 Å². The first-order valence-corrected chi connectivity index (χ1v) is 11.1. The first-order chi connectivity index (χ1) is 16.5. The van der Waals surface area contributed by atoms with Gasteiger partial charge in [-0.2, -0.15) is 10.2 Å². The standard InChI is InChI=1S/C24H31N7O3/c1-25-29(2)12-10-20(9-11-26-17-19-7-5-4-6-8-19)28-23(32)22-21(18-27-30(22)3)24(33)31-13-15-34-16-14-31/h4-8,10-12,18,20H,1,9,13-17H2,2-3H3,(H,28,32)/b12-10-,26-11?. The third kappa shape index (κ3) is 6.85. The van der Waals surface area contributed by atoms with Crippen LogP contribution in [0.2, 0.25) is 0 Å². The van der Waals surface area contributed by atoms with Crippen LogP contribution in [0.15, 0.2) is 58.9 Å². The number of morpholine rings is 1. The van der Waals surface area contributed by atoms with Crippen LogP contribution in [0.4, 0.5) is 0 Å². The summed E-state index contributed by atoms with van der Waals surface area (Å²) in [6.45, 7) is 5.97. The highest BCUT2D eigenvalue weighted by Crippen LogP contribution is 2.13. The lowest BCUT2D eigenvalue weighted by molar-refractivity contribution is 0.0301. The molecule has 1 aliphatic rings. The van der Waals surface area contributed by atoms with E-state index < -0.39 is 5.91 Å². The molecule has 1 aromatic heterocycles. The molecule has 1 saturated heterocycles. The molecule has 1 atom stereocenters. The van der Waals surface area contributed by atoms with Gasteiger partial charge >= 0.3 is 0 Å². The van der Waals surface area contributed by atoms with E-state index in [0.717, 1.165) is 5.56 Å². The maximum atomic E-state index is 13.2. The number of aryl methyl sites for hydroxylation is 1. The minimum Gasteiger partial charge on any atom is -0.378 e. The zero-order valence-corrected chi connectivity index (χ0v) is 19.6. The minimum atomic E-state index is -0.392. The highest BCUT2D eigenvalue weighted by atomic mass is 16.5. The normalized spacial score (nSPS) is 14.9. The van der Waals surface area contributed by atoms with Crippen molar-refractivity contribution in [2.24, 2.45) is 17.1 Å². The van der Waals surface area contributed by atoms with Crippen molar-refractivity contribution in [1.82, 2.24) is 25.0 Å². The second-order valence-corrected chi connectivity index (χ2v) is 7.82. The number of hydrogen-bond donors (Lipinski definition) is 1. The quantitative estimate of drug-likeness (QED) is 0.425. The number of nitrogens with one attached hydrogen (secondary N) is 1. The molecule has 1 N–H and O–H groups in total. The largest absolute Gasteiger partial charge is 0.378 e. The van der Waals surface area contributed by atoms with E-state index in [0.29, 0.717) is 39.3 Å². The Morgan fingerprint density at radius 2 is 2.03 bits per heavy atom. The van der Waals surface area contributed by atoms with Gasteiger partial charge in [-0.1, -0.05) is 30.3 Å². The molecule has 2 heterocycles. The van der Waals surface area contributed by atoms with Gasteiger partial charge in [0.2, 0.25) is 0 Å². The van der Waals surface area contributed by atoms with Crippen molar-refractivity contribution in [3.8, 4) is 0 Å². The Labute approximate surface area is 199 Å². The Bertz CT molecular complexity index is 1030. The topological polar surface area (TPSA) is 104 Å². The van der Waals surface area contributed by atoms with Gasteiger partial charge in [0.1, 0.15) is 5.69 Å². The zero-order valence-electron chi connectivity index (χ0n) is 19.6. The number of ether oxygens (including phenoxy) is 1. The van der Waals surface area contributed by atoms with Gasteiger partial charge in [-0.3, -0.25) is 24.3 Å². The van der Waals surface area contributed by atoms with Gasteiger partial charge in [0.15, 0.2) is 0 Å². The Morgan fingerprint density at radius 1 is 1.29 bits per heavy atom. The second kappa shape index (κ2) is 12.4. The Kier molecular flexibility index (Phi) is 9.10. The van der Waals surface area contributed by atoms with Gasteiger partial charge in [-0.15, -0.1) is 0 Å². The number of benzene rings is 1. The number of carbonyl (C=O) groups excluding carboxylic acids is 2. The predicted octanol–water partition coefficient (Wildman–Crippen LogP) is 1.71. The maximum Gasteiger partial charge on any atom is 0.270 e. The van der Waals surface area contributed by atoms with Gasteiger partial charge in [-0.25, -0.2) is 0 Å². The van der Waals surface area contributed by atoms with Crippen LogP contribution in [0, 0.1) is 0 Å². The summed E-state index contributed by atoms with van der Waals surface area (Å²) in [5, 5.41) is 12.5. The summed E-state index contributed by atoms with van der Waals surface area (Å²) in [5.41, 5.74) is 1.59. The van der Waals surface area contributed by atoms with Crippen molar-refractivity contribution in [2.75, 3.05) is 33.4 Å². The zero-order chi connectivity index (χ0) is 24.3. The lowest BCUT2D eigenvalue weighted by atomic mass is 10.1. The molecule has 0 saturated carbocycles. The number of carbonyl (C=O) groups is 2. The second-order valence-electron chi connectivity index (χ2n) is 7.82. The Balaban J connectivity index is 1.71. The molecular formula is C24H31N7O3. The van der Waals surface area contributed by atoms with Crippen LogP contribution in [0.5, 0.6) is 0 Å². The molecule has 0 spiro atoms. The fraction of sp³-hybridized carbons (Fsp3) is 0.375. The smallest absolute Gasteiger partial charge is 0.270 e. The number of aliphatic imine (C=N–C) groups is 1. The molecule has 1 unspecified atom stereocenters. The van der Waals surface area contributed by atoms with Crippen LogP contribution in [0.1, 0.15) is 32.8 Å². The lowest BCUT2D eigenvalue weighted by Crippen LogP contribution is -2.42. The predicted molar refractivity (Wildman–Crippen MR) is 131 cm³/mol. The highest BCUT2D eigenvalue weighted by molar-refractivity contribution is 6.06. The van der Waals surface area contributed by atoms with Crippen molar-refractivity contribution < 1.29 is 14.3 Å². The number of hydrogen-bond acceptors (Lipinski definition) is 7. The fourth-order valence-electron chi connectivity index (χ4n) is 3.44. The molecule has 0 radical (unpaired) electrons. The Hall–Kier alpha value is -3.79. The van der Waals surface area contributed by atoms with Crippen LogP contribution in [0.3, 0.4) is 0 Å². The molecule has 1 aliphatic heterocycles. The monoisotopic (exact) mass is 465 g/mol. The first kappa shape index (κ1) is 24.8. The van der Waals surface area contributed by atoms with E-state index in [9.17, 15) is 9.59 Å². The number of rotatable bonds is 10. The molecule has 3 rings (SSSR count). The summed E-state index contributed by atoms with van der Waals surface area (Å²) in [4.78, 5) is 32.4. The van der Waals surface area contributed by atoms with Gasteiger partial charge in [0.05, 0.1) is 37.6 Å². The van der Waals surface area contributed by atoms with E-state index in [1.54, 1.807) is 37.5 Å². The van der Waals surface area contributed by atoms with E-state index in [1.165, 1.54) is 15.9 Å². The van der Waals surface area contributed by atoms with Crippen molar-refractivity contribution in [3.05, 3.63) is 65.6 Å². The third-order valence-corrected chi connectivity index (χ3v) is 5.36. The third-order valence-electron chi connectivity index (χ3n) is 5.36. The first-order valence-electron chi connectivity index (χ1n) is 11.1. The summed E-state index contributed by atoms with van der Waals surface area (Å²) >= 11 is 0. The molecule has 10 nitrogen and oxygen atoms in total. The molecule has 2 amide bonds. The Morgan fingerprint density at radius 3 is 2.74 bits per heavy atom. The van der Waals surface area contributed by atoms with Crippen molar-refractivity contribution in [2.45, 2.75) is 19.0 Å². The minimum absolute atomic E-state index is 0.214. The summed E-state index contributed by atoms with van der Waals surface area (Å²) in [7, 11) is 3.39. The van der Waals surface area contributed by atoms with Crippen LogP contribution in [0.25, 0.3) is 0 Å². The van der Waals surface area contributed by atoms with E-state index in [4.69, 9.17) is 4.74 Å². The molecule has 0 bridgehead atoms. The molecule has 34 heavy (non-hydrogen) atoms. The SMILES string of the molecule is C=NN(C)/C=C\C(CC=NCc1ccccc1)NC(=O)c1c(C(=O)N2CCOCC2)cnn1C. The van der Waals surface area contributed by atoms with E-state index >= 15 is 0 Å². The number of hydrazone groups is 1. The lowest BCUT2D eigenvalue weighted by Gasteiger charge is -2.26. The van der Waals surface area contributed by atoms with Gasteiger partial charge in [-0.05, 0) is 11.6 Å². The number of nitrogens with zero attached hydrogens (tertiary/aromatic N) is 6. The van der Waals surface area contributed by atoms with Crippen LogP contribution in [-0.4, -0.2) is 83.8 Å². The summed E-state index contributed by atoms with van der Waals surface area (Å²) in [5.74, 6) is -0.620. The van der Waals surface area contributed by atoms with E-state index in [2.05, 4.69) is 27.2 Å². The summed E-state index contributed by atoms with van der Waals surface area (Å²) in [6.07, 6.45) is 7.21.